The topological polar surface area (TPSA) is 79.5 Å². The number of hydrogen-bond donors (Lipinski definition) is 1. The maximum absolute atomic E-state index is 10.9. The van der Waals surface area contributed by atoms with Crippen LogP contribution in [0.15, 0.2) is 28.7 Å². The standard InChI is InChI=1S/C14H17N3O3/c1-9-5-4-6-11(7-9)13-16-15-12(20-13)8-17(3)10(2)14(18)19/h4-7,10H,8H2,1-3H3,(H,18,19). The predicted molar refractivity (Wildman–Crippen MR) is 73.0 cm³/mol. The van der Waals surface area contributed by atoms with Gasteiger partial charge in [-0.25, -0.2) is 0 Å². The first kappa shape index (κ1) is 14.2. The van der Waals surface area contributed by atoms with Gasteiger partial charge in [-0.3, -0.25) is 9.69 Å². The Bertz CT molecular complexity index is 609. The van der Waals surface area contributed by atoms with Gasteiger partial charge < -0.3 is 9.52 Å². The van der Waals surface area contributed by atoms with Crippen LogP contribution in [0, 0.1) is 6.92 Å². The molecule has 1 aromatic heterocycles. The van der Waals surface area contributed by atoms with Crippen molar-refractivity contribution in [1.82, 2.24) is 15.1 Å². The Morgan fingerprint density at radius 3 is 2.85 bits per heavy atom. The molecule has 0 saturated heterocycles. The summed E-state index contributed by atoms with van der Waals surface area (Å²) < 4.78 is 5.57. The largest absolute Gasteiger partial charge is 0.480 e. The van der Waals surface area contributed by atoms with Crippen molar-refractivity contribution in [3.05, 3.63) is 35.7 Å². The third-order valence-corrected chi connectivity index (χ3v) is 3.14. The molecule has 20 heavy (non-hydrogen) atoms. The Hall–Kier alpha value is -2.21. The molecule has 1 atom stereocenters. The number of benzene rings is 1. The molecule has 2 aromatic rings. The van der Waals surface area contributed by atoms with Gasteiger partial charge in [0, 0.05) is 5.56 Å². The van der Waals surface area contributed by atoms with Crippen LogP contribution in [0.5, 0.6) is 0 Å². The Morgan fingerprint density at radius 2 is 2.20 bits per heavy atom. The van der Waals surface area contributed by atoms with Gasteiger partial charge in [0.25, 0.3) is 0 Å². The molecule has 0 amide bonds. The highest BCUT2D eigenvalue weighted by atomic mass is 16.4. The average Bonchev–Trinajstić information content (AvgIpc) is 2.86. The van der Waals surface area contributed by atoms with Gasteiger partial charge in [-0.2, -0.15) is 0 Å². The highest BCUT2D eigenvalue weighted by Gasteiger charge is 2.19. The summed E-state index contributed by atoms with van der Waals surface area (Å²) in [6.07, 6.45) is 0. The molecule has 0 aliphatic rings. The zero-order chi connectivity index (χ0) is 14.7. The lowest BCUT2D eigenvalue weighted by atomic mass is 10.1. The van der Waals surface area contributed by atoms with E-state index in [0.29, 0.717) is 18.3 Å². The molecule has 6 nitrogen and oxygen atoms in total. The SMILES string of the molecule is Cc1cccc(-c2nnc(CN(C)C(C)C(=O)O)o2)c1. The van der Waals surface area contributed by atoms with Crippen molar-refractivity contribution in [3.63, 3.8) is 0 Å². The van der Waals surface area contributed by atoms with Gasteiger partial charge in [0.1, 0.15) is 6.04 Å². The van der Waals surface area contributed by atoms with Crippen LogP contribution in [0.4, 0.5) is 0 Å². The smallest absolute Gasteiger partial charge is 0.320 e. The van der Waals surface area contributed by atoms with Gasteiger partial charge in [-0.15, -0.1) is 10.2 Å². The van der Waals surface area contributed by atoms with Crippen molar-refractivity contribution < 1.29 is 14.3 Å². The number of aliphatic carboxylic acids is 1. The van der Waals surface area contributed by atoms with E-state index in [4.69, 9.17) is 9.52 Å². The predicted octanol–water partition coefficient (Wildman–Crippen LogP) is 1.95. The van der Waals surface area contributed by atoms with Crippen LogP contribution >= 0.6 is 0 Å². The van der Waals surface area contributed by atoms with Crippen LogP contribution in [0.25, 0.3) is 11.5 Å². The van der Waals surface area contributed by atoms with Crippen molar-refractivity contribution in [3.8, 4) is 11.5 Å². The number of rotatable bonds is 5. The van der Waals surface area contributed by atoms with Gasteiger partial charge in [-0.1, -0.05) is 17.7 Å². The number of aromatic nitrogens is 2. The number of hydrogen-bond acceptors (Lipinski definition) is 5. The molecule has 1 heterocycles. The summed E-state index contributed by atoms with van der Waals surface area (Å²) in [5, 5.41) is 16.9. The molecule has 0 aliphatic carbocycles. The van der Waals surface area contributed by atoms with Gasteiger partial charge >= 0.3 is 5.97 Å². The minimum absolute atomic E-state index is 0.298. The Labute approximate surface area is 117 Å². The first-order valence-electron chi connectivity index (χ1n) is 6.30. The summed E-state index contributed by atoms with van der Waals surface area (Å²) in [6, 6.07) is 7.16. The van der Waals surface area contributed by atoms with Crippen LogP contribution in [-0.2, 0) is 11.3 Å². The number of carbonyl (C=O) groups is 1. The van der Waals surface area contributed by atoms with E-state index in [9.17, 15) is 4.79 Å². The van der Waals surface area contributed by atoms with Gasteiger partial charge in [-0.05, 0) is 33.0 Å². The fourth-order valence-electron chi connectivity index (χ4n) is 1.75. The molecule has 0 radical (unpaired) electrons. The Balaban J connectivity index is 2.11. The molecule has 1 unspecified atom stereocenters. The fraction of sp³-hybridized carbons (Fsp3) is 0.357. The average molecular weight is 275 g/mol. The number of aryl methyl sites for hydroxylation is 1. The second kappa shape index (κ2) is 5.83. The van der Waals surface area contributed by atoms with E-state index in [0.717, 1.165) is 11.1 Å². The minimum atomic E-state index is -0.883. The molecule has 2 rings (SSSR count). The van der Waals surface area contributed by atoms with Crippen LogP contribution in [-0.4, -0.2) is 39.3 Å². The van der Waals surface area contributed by atoms with Crippen molar-refractivity contribution in [2.45, 2.75) is 26.4 Å². The molecule has 0 aliphatic heterocycles. The van der Waals surface area contributed by atoms with Crippen molar-refractivity contribution in [2.24, 2.45) is 0 Å². The van der Waals surface area contributed by atoms with Crippen molar-refractivity contribution in [2.75, 3.05) is 7.05 Å². The third kappa shape index (κ3) is 3.21. The van der Waals surface area contributed by atoms with E-state index < -0.39 is 12.0 Å². The van der Waals surface area contributed by atoms with E-state index >= 15 is 0 Å². The Morgan fingerprint density at radius 1 is 1.45 bits per heavy atom. The number of carboxylic acid groups (broad SMARTS) is 1. The minimum Gasteiger partial charge on any atom is -0.480 e. The molecule has 0 bridgehead atoms. The molecule has 1 N–H and O–H groups in total. The van der Waals surface area contributed by atoms with Gasteiger partial charge in [0.05, 0.1) is 6.54 Å². The van der Waals surface area contributed by atoms with E-state index in [1.165, 1.54) is 0 Å². The molecule has 106 valence electrons. The lowest BCUT2D eigenvalue weighted by Crippen LogP contribution is -2.35. The van der Waals surface area contributed by atoms with Gasteiger partial charge in [0.2, 0.25) is 11.8 Å². The monoisotopic (exact) mass is 275 g/mol. The number of carboxylic acids is 1. The first-order valence-corrected chi connectivity index (χ1v) is 6.30. The molecule has 6 heteroatoms. The van der Waals surface area contributed by atoms with E-state index in [2.05, 4.69) is 10.2 Å². The highest BCUT2D eigenvalue weighted by molar-refractivity contribution is 5.72. The Kier molecular flexibility index (Phi) is 4.14. The highest BCUT2D eigenvalue weighted by Crippen LogP contribution is 2.19. The maximum Gasteiger partial charge on any atom is 0.320 e. The lowest BCUT2D eigenvalue weighted by molar-refractivity contribution is -0.142. The van der Waals surface area contributed by atoms with Crippen LogP contribution < -0.4 is 0 Å². The summed E-state index contributed by atoms with van der Waals surface area (Å²) >= 11 is 0. The van der Waals surface area contributed by atoms with Crippen LogP contribution in [0.3, 0.4) is 0 Å². The van der Waals surface area contributed by atoms with Crippen LogP contribution in [0.2, 0.25) is 0 Å². The first-order chi connectivity index (χ1) is 9.47. The van der Waals surface area contributed by atoms with E-state index in [-0.39, 0.29) is 0 Å². The summed E-state index contributed by atoms with van der Waals surface area (Å²) in [6.45, 7) is 3.90. The second-order valence-electron chi connectivity index (χ2n) is 4.80. The quantitative estimate of drug-likeness (QED) is 0.898. The van der Waals surface area contributed by atoms with E-state index in [1.54, 1.807) is 18.9 Å². The molecule has 1 aromatic carbocycles. The normalized spacial score (nSPS) is 12.6. The zero-order valence-corrected chi connectivity index (χ0v) is 11.7. The molecular weight excluding hydrogens is 258 g/mol. The van der Waals surface area contributed by atoms with Crippen molar-refractivity contribution in [1.29, 1.82) is 0 Å². The second-order valence-corrected chi connectivity index (χ2v) is 4.80. The summed E-state index contributed by atoms with van der Waals surface area (Å²) in [7, 11) is 1.70. The van der Waals surface area contributed by atoms with Crippen LogP contribution in [0.1, 0.15) is 18.4 Å². The third-order valence-electron chi connectivity index (χ3n) is 3.14. The molecule has 0 fully saturated rings. The van der Waals surface area contributed by atoms with E-state index in [1.807, 2.05) is 31.2 Å². The molecular formula is C14H17N3O3. The number of likely N-dealkylation sites (N-methyl/N-ethyl adjacent to an activating group) is 1. The van der Waals surface area contributed by atoms with Gasteiger partial charge in [0.15, 0.2) is 0 Å². The maximum atomic E-state index is 10.9. The molecule has 0 spiro atoms. The lowest BCUT2D eigenvalue weighted by Gasteiger charge is -2.18. The fourth-order valence-corrected chi connectivity index (χ4v) is 1.75. The summed E-state index contributed by atoms with van der Waals surface area (Å²) in [4.78, 5) is 12.5. The number of nitrogens with zero attached hydrogens (tertiary/aromatic N) is 3. The summed E-state index contributed by atoms with van der Waals surface area (Å²) in [5.74, 6) is -0.0388. The molecule has 0 saturated carbocycles. The summed E-state index contributed by atoms with van der Waals surface area (Å²) in [5.41, 5.74) is 1.97. The zero-order valence-electron chi connectivity index (χ0n) is 11.7. The van der Waals surface area contributed by atoms with Crippen molar-refractivity contribution >= 4 is 5.97 Å².